The standard InChI is InChI=1S/C20H21FN4O3S2/c1-12(2)13-5-7-14(8-6-13)19-23-24-20(29-19)22-18(26)15-9-10-16(21)17(11-15)30(27,28)25(3)4/h5-12H,1-4H3,(H,22,24,26). The number of carbonyl (C=O) groups is 1. The maximum Gasteiger partial charge on any atom is 0.257 e. The van der Waals surface area contributed by atoms with Crippen LogP contribution in [0.1, 0.15) is 35.7 Å². The van der Waals surface area contributed by atoms with Crippen molar-refractivity contribution in [3.63, 3.8) is 0 Å². The predicted octanol–water partition coefficient (Wildman–Crippen LogP) is 3.97. The number of hydrogen-bond acceptors (Lipinski definition) is 6. The molecule has 7 nitrogen and oxygen atoms in total. The Kier molecular flexibility index (Phi) is 6.30. The molecule has 10 heteroatoms. The van der Waals surface area contributed by atoms with E-state index in [0.29, 0.717) is 10.9 Å². The van der Waals surface area contributed by atoms with Gasteiger partial charge in [-0.2, -0.15) is 0 Å². The molecule has 0 saturated heterocycles. The molecule has 0 aliphatic heterocycles. The van der Waals surface area contributed by atoms with Gasteiger partial charge in [0.2, 0.25) is 15.2 Å². The van der Waals surface area contributed by atoms with Crippen molar-refractivity contribution < 1.29 is 17.6 Å². The average Bonchev–Trinajstić information content (AvgIpc) is 3.16. The molecule has 0 unspecified atom stereocenters. The van der Waals surface area contributed by atoms with Gasteiger partial charge in [0.05, 0.1) is 0 Å². The van der Waals surface area contributed by atoms with E-state index in [1.165, 1.54) is 37.1 Å². The summed E-state index contributed by atoms with van der Waals surface area (Å²) in [5, 5.41) is 11.5. The summed E-state index contributed by atoms with van der Waals surface area (Å²) in [7, 11) is -1.45. The van der Waals surface area contributed by atoms with Gasteiger partial charge >= 0.3 is 0 Å². The number of anilines is 1. The minimum atomic E-state index is -4.03. The summed E-state index contributed by atoms with van der Waals surface area (Å²) in [4.78, 5) is 12.0. The van der Waals surface area contributed by atoms with Crippen molar-refractivity contribution in [1.82, 2.24) is 14.5 Å². The summed E-state index contributed by atoms with van der Waals surface area (Å²) < 4.78 is 39.4. The largest absolute Gasteiger partial charge is 0.296 e. The topological polar surface area (TPSA) is 92.3 Å². The van der Waals surface area contributed by atoms with E-state index in [9.17, 15) is 17.6 Å². The summed E-state index contributed by atoms with van der Waals surface area (Å²) in [6.45, 7) is 4.22. The second-order valence-corrected chi connectivity index (χ2v) is 10.2. The zero-order valence-electron chi connectivity index (χ0n) is 16.9. The Morgan fingerprint density at radius 1 is 1.10 bits per heavy atom. The van der Waals surface area contributed by atoms with Gasteiger partial charge < -0.3 is 0 Å². The third-order valence-electron chi connectivity index (χ3n) is 4.42. The Morgan fingerprint density at radius 3 is 2.37 bits per heavy atom. The first-order valence-electron chi connectivity index (χ1n) is 9.07. The molecule has 3 rings (SSSR count). The molecule has 0 aliphatic rings. The summed E-state index contributed by atoms with van der Waals surface area (Å²) >= 11 is 1.19. The van der Waals surface area contributed by atoms with E-state index in [4.69, 9.17) is 0 Å². The molecule has 30 heavy (non-hydrogen) atoms. The summed E-state index contributed by atoms with van der Waals surface area (Å²) in [6, 6.07) is 11.1. The number of carbonyl (C=O) groups excluding carboxylic acids is 1. The van der Waals surface area contributed by atoms with Crippen LogP contribution in [0.15, 0.2) is 47.4 Å². The highest BCUT2D eigenvalue weighted by Gasteiger charge is 2.23. The summed E-state index contributed by atoms with van der Waals surface area (Å²) in [5.41, 5.74) is 2.07. The number of nitrogens with zero attached hydrogens (tertiary/aromatic N) is 3. The first-order valence-corrected chi connectivity index (χ1v) is 11.3. The van der Waals surface area contributed by atoms with Gasteiger partial charge in [-0.25, -0.2) is 17.1 Å². The Hall–Kier alpha value is -2.69. The predicted molar refractivity (Wildman–Crippen MR) is 115 cm³/mol. The van der Waals surface area contributed by atoms with Crippen LogP contribution in [0, 0.1) is 5.82 Å². The molecule has 1 N–H and O–H groups in total. The van der Waals surface area contributed by atoms with Crippen molar-refractivity contribution in [2.75, 3.05) is 19.4 Å². The van der Waals surface area contributed by atoms with E-state index in [2.05, 4.69) is 29.4 Å². The maximum atomic E-state index is 14.0. The molecule has 158 valence electrons. The molecule has 1 heterocycles. The van der Waals surface area contributed by atoms with Gasteiger partial charge in [0.1, 0.15) is 15.7 Å². The van der Waals surface area contributed by atoms with E-state index in [1.807, 2.05) is 24.3 Å². The molecule has 0 saturated carbocycles. The monoisotopic (exact) mass is 448 g/mol. The lowest BCUT2D eigenvalue weighted by molar-refractivity contribution is 0.102. The van der Waals surface area contributed by atoms with Gasteiger partial charge in [0.25, 0.3) is 5.91 Å². The van der Waals surface area contributed by atoms with E-state index in [-0.39, 0.29) is 10.7 Å². The van der Waals surface area contributed by atoms with Crippen molar-refractivity contribution in [3.8, 4) is 10.6 Å². The second-order valence-electron chi connectivity index (χ2n) is 7.08. The summed E-state index contributed by atoms with van der Waals surface area (Å²) in [5.74, 6) is -1.12. The van der Waals surface area contributed by atoms with E-state index < -0.39 is 26.6 Å². The quantitative estimate of drug-likeness (QED) is 0.616. The van der Waals surface area contributed by atoms with Crippen LogP contribution in [-0.4, -0.2) is 42.9 Å². The van der Waals surface area contributed by atoms with Crippen LogP contribution in [0.2, 0.25) is 0 Å². The van der Waals surface area contributed by atoms with Crippen molar-refractivity contribution in [1.29, 1.82) is 0 Å². The van der Waals surface area contributed by atoms with Crippen LogP contribution in [0.25, 0.3) is 10.6 Å². The van der Waals surface area contributed by atoms with Crippen molar-refractivity contribution in [2.45, 2.75) is 24.7 Å². The van der Waals surface area contributed by atoms with Crippen LogP contribution in [0.3, 0.4) is 0 Å². The number of halogens is 1. The van der Waals surface area contributed by atoms with Crippen LogP contribution in [-0.2, 0) is 10.0 Å². The molecule has 0 bridgehead atoms. The normalized spacial score (nSPS) is 11.8. The number of hydrogen-bond donors (Lipinski definition) is 1. The molecular formula is C20H21FN4O3S2. The first kappa shape index (κ1) is 22.0. The molecule has 0 aliphatic carbocycles. The molecule has 2 aromatic carbocycles. The van der Waals surface area contributed by atoms with E-state index in [1.54, 1.807) is 0 Å². The molecule has 0 radical (unpaired) electrons. The van der Waals surface area contributed by atoms with E-state index in [0.717, 1.165) is 22.0 Å². The van der Waals surface area contributed by atoms with Crippen LogP contribution < -0.4 is 5.32 Å². The lowest BCUT2D eigenvalue weighted by Gasteiger charge is -2.13. The van der Waals surface area contributed by atoms with Crippen molar-refractivity contribution in [3.05, 3.63) is 59.4 Å². The highest BCUT2D eigenvalue weighted by Crippen LogP contribution is 2.28. The minimum Gasteiger partial charge on any atom is -0.296 e. The van der Waals surface area contributed by atoms with Gasteiger partial charge in [-0.05, 0) is 29.7 Å². The Balaban J connectivity index is 1.81. The average molecular weight is 449 g/mol. The molecule has 3 aromatic rings. The highest BCUT2D eigenvalue weighted by molar-refractivity contribution is 7.89. The van der Waals surface area contributed by atoms with Gasteiger partial charge in [-0.15, -0.1) is 10.2 Å². The van der Waals surface area contributed by atoms with Crippen molar-refractivity contribution in [2.24, 2.45) is 0 Å². The zero-order valence-corrected chi connectivity index (χ0v) is 18.5. The maximum absolute atomic E-state index is 14.0. The highest BCUT2D eigenvalue weighted by atomic mass is 32.2. The van der Waals surface area contributed by atoms with Gasteiger partial charge in [0, 0.05) is 25.2 Å². The third-order valence-corrected chi connectivity index (χ3v) is 7.14. The molecule has 1 amide bonds. The van der Waals surface area contributed by atoms with Crippen LogP contribution in [0.4, 0.5) is 9.52 Å². The SMILES string of the molecule is CC(C)c1ccc(-c2nnc(NC(=O)c3ccc(F)c(S(=O)(=O)N(C)C)c3)s2)cc1. The number of rotatable bonds is 6. The summed E-state index contributed by atoms with van der Waals surface area (Å²) in [6.07, 6.45) is 0. The minimum absolute atomic E-state index is 0.00476. The van der Waals surface area contributed by atoms with Crippen molar-refractivity contribution >= 4 is 32.4 Å². The lowest BCUT2D eigenvalue weighted by Crippen LogP contribution is -2.24. The lowest BCUT2D eigenvalue weighted by atomic mass is 10.0. The van der Waals surface area contributed by atoms with Gasteiger partial charge in [0.15, 0.2) is 0 Å². The molecular weight excluding hydrogens is 427 g/mol. The third kappa shape index (κ3) is 4.55. The fraction of sp³-hybridized carbons (Fsp3) is 0.250. The van der Waals surface area contributed by atoms with Gasteiger partial charge in [-0.1, -0.05) is 49.4 Å². The first-order chi connectivity index (χ1) is 14.1. The fourth-order valence-corrected chi connectivity index (χ4v) is 4.34. The Bertz CT molecular complexity index is 1170. The number of sulfonamides is 1. The van der Waals surface area contributed by atoms with Gasteiger partial charge in [-0.3, -0.25) is 10.1 Å². The number of aromatic nitrogens is 2. The number of nitrogens with one attached hydrogen (secondary N) is 1. The number of amides is 1. The second kappa shape index (κ2) is 8.58. The van der Waals surface area contributed by atoms with Crippen LogP contribution in [0.5, 0.6) is 0 Å². The molecule has 0 fully saturated rings. The molecule has 0 spiro atoms. The molecule has 1 aromatic heterocycles. The zero-order chi connectivity index (χ0) is 22.1. The smallest absolute Gasteiger partial charge is 0.257 e. The Labute approximate surface area is 178 Å². The number of benzene rings is 2. The Morgan fingerprint density at radius 2 is 1.77 bits per heavy atom. The van der Waals surface area contributed by atoms with E-state index >= 15 is 0 Å². The molecule has 0 atom stereocenters. The fourth-order valence-electron chi connectivity index (χ4n) is 2.61. The van der Waals surface area contributed by atoms with Crippen LogP contribution >= 0.6 is 11.3 Å².